The molecule has 0 aliphatic rings. The summed E-state index contributed by atoms with van der Waals surface area (Å²) in [6.07, 6.45) is 2.37. The average Bonchev–Trinajstić information content (AvgIpc) is 2.80. The molecule has 1 N–H and O–H groups in total. The fourth-order valence-corrected chi connectivity index (χ4v) is 2.36. The third-order valence-electron chi connectivity index (χ3n) is 2.59. The Hall–Kier alpha value is -1.06. The van der Waals surface area contributed by atoms with E-state index in [9.17, 15) is 5.11 Å². The Morgan fingerprint density at radius 1 is 1.19 bits per heavy atom. The van der Waals surface area contributed by atoms with E-state index in [1.165, 1.54) is 0 Å². The van der Waals surface area contributed by atoms with Crippen molar-refractivity contribution in [3.8, 4) is 0 Å². The van der Waals surface area contributed by atoms with Crippen molar-refractivity contribution in [2.45, 2.75) is 12.3 Å². The van der Waals surface area contributed by atoms with Crippen LogP contribution in [-0.4, -0.2) is 11.7 Å². The Balaban J connectivity index is 2.20. The molecule has 0 saturated carbocycles. The number of hydrogen-bond acceptors (Lipinski definition) is 2. The smallest absolute Gasteiger partial charge is 0.104 e. The van der Waals surface area contributed by atoms with Crippen LogP contribution in [-0.2, 0) is 6.42 Å². The van der Waals surface area contributed by atoms with Crippen molar-refractivity contribution in [3.05, 3.63) is 58.5 Å². The van der Waals surface area contributed by atoms with Crippen LogP contribution in [0.2, 0.25) is 0 Å². The highest BCUT2D eigenvalue weighted by molar-refractivity contribution is 9.10. The van der Waals surface area contributed by atoms with Gasteiger partial charge in [-0.25, -0.2) is 0 Å². The summed E-state index contributed by atoms with van der Waals surface area (Å²) in [5.74, 6) is 0.969. The van der Waals surface area contributed by atoms with E-state index in [0.29, 0.717) is 6.42 Å². The summed E-state index contributed by atoms with van der Waals surface area (Å²) < 4.78 is 6.33. The van der Waals surface area contributed by atoms with Crippen molar-refractivity contribution in [2.24, 2.45) is 0 Å². The topological polar surface area (TPSA) is 33.4 Å². The summed E-state index contributed by atoms with van der Waals surface area (Å²) in [7, 11) is 0. The summed E-state index contributed by atoms with van der Waals surface area (Å²) in [4.78, 5) is 0. The number of aliphatic hydroxyl groups is 1. The van der Waals surface area contributed by atoms with Gasteiger partial charge in [0.25, 0.3) is 0 Å². The van der Waals surface area contributed by atoms with Gasteiger partial charge in [-0.1, -0.05) is 34.1 Å². The highest BCUT2D eigenvalue weighted by atomic mass is 79.9. The largest absolute Gasteiger partial charge is 0.469 e. The van der Waals surface area contributed by atoms with Crippen LogP contribution < -0.4 is 0 Å². The molecule has 1 atom stereocenters. The third-order valence-corrected chi connectivity index (χ3v) is 3.32. The van der Waals surface area contributed by atoms with Gasteiger partial charge in [0.1, 0.15) is 5.76 Å². The first-order chi connectivity index (χ1) is 7.81. The summed E-state index contributed by atoms with van der Waals surface area (Å²) in [6.45, 7) is 0.114. The molecule has 0 bridgehead atoms. The van der Waals surface area contributed by atoms with Crippen LogP contribution >= 0.6 is 15.9 Å². The van der Waals surface area contributed by atoms with Crippen molar-refractivity contribution >= 4 is 15.9 Å². The van der Waals surface area contributed by atoms with Crippen molar-refractivity contribution in [2.75, 3.05) is 6.61 Å². The molecule has 2 aromatic rings. The second-order valence-electron chi connectivity index (χ2n) is 3.68. The van der Waals surface area contributed by atoms with Gasteiger partial charge in [-0.2, -0.15) is 0 Å². The highest BCUT2D eigenvalue weighted by Crippen LogP contribution is 2.27. The van der Waals surface area contributed by atoms with Gasteiger partial charge in [0.15, 0.2) is 0 Å². The normalized spacial score (nSPS) is 12.6. The zero-order valence-electron chi connectivity index (χ0n) is 8.77. The van der Waals surface area contributed by atoms with Gasteiger partial charge in [0.2, 0.25) is 0 Å². The molecule has 0 amide bonds. The molecular formula is C13H13BrO2. The van der Waals surface area contributed by atoms with Gasteiger partial charge in [-0.15, -0.1) is 0 Å². The van der Waals surface area contributed by atoms with Gasteiger partial charge in [-0.05, 0) is 23.8 Å². The number of furan rings is 1. The minimum Gasteiger partial charge on any atom is -0.469 e. The Kier molecular flexibility index (Phi) is 3.80. The Morgan fingerprint density at radius 3 is 2.62 bits per heavy atom. The molecule has 0 spiro atoms. The Bertz CT molecular complexity index is 437. The van der Waals surface area contributed by atoms with Crippen molar-refractivity contribution in [1.82, 2.24) is 0 Å². The molecule has 1 aromatic heterocycles. The number of hydrogen-bond donors (Lipinski definition) is 1. The van der Waals surface area contributed by atoms with Gasteiger partial charge in [-0.3, -0.25) is 0 Å². The first-order valence-electron chi connectivity index (χ1n) is 5.19. The molecule has 0 aliphatic heterocycles. The van der Waals surface area contributed by atoms with Gasteiger partial charge in [0, 0.05) is 16.8 Å². The molecule has 0 radical (unpaired) electrons. The summed E-state index contributed by atoms with van der Waals surface area (Å²) >= 11 is 3.50. The van der Waals surface area contributed by atoms with Gasteiger partial charge >= 0.3 is 0 Å². The van der Waals surface area contributed by atoms with E-state index < -0.39 is 0 Å². The average molecular weight is 281 g/mol. The second-order valence-corrected chi connectivity index (χ2v) is 4.54. The zero-order chi connectivity index (χ0) is 11.4. The van der Waals surface area contributed by atoms with Gasteiger partial charge in [0.05, 0.1) is 12.9 Å². The molecule has 1 unspecified atom stereocenters. The number of benzene rings is 1. The first-order valence-corrected chi connectivity index (χ1v) is 5.98. The highest BCUT2D eigenvalue weighted by Gasteiger charge is 2.15. The molecule has 0 fully saturated rings. The standard InChI is InChI=1S/C13H13BrO2/c14-13-6-2-1-5-12(13)10(9-15)8-11-4-3-7-16-11/h1-7,10,15H,8-9H2. The predicted molar refractivity (Wildman–Crippen MR) is 66.4 cm³/mol. The van der Waals surface area contributed by atoms with E-state index in [-0.39, 0.29) is 12.5 Å². The minimum absolute atomic E-state index is 0.0710. The van der Waals surface area contributed by atoms with Crippen LogP contribution in [0, 0.1) is 0 Å². The molecule has 2 rings (SSSR count). The van der Waals surface area contributed by atoms with Crippen LogP contribution in [0.25, 0.3) is 0 Å². The molecule has 16 heavy (non-hydrogen) atoms. The molecule has 84 valence electrons. The fraction of sp³-hybridized carbons (Fsp3) is 0.231. The summed E-state index contributed by atoms with van der Waals surface area (Å²) in [6, 6.07) is 11.7. The maximum absolute atomic E-state index is 9.44. The Morgan fingerprint density at radius 2 is 2.00 bits per heavy atom. The lowest BCUT2D eigenvalue weighted by Gasteiger charge is -2.14. The number of aliphatic hydroxyl groups excluding tert-OH is 1. The Labute approximate surface area is 103 Å². The van der Waals surface area contributed by atoms with E-state index >= 15 is 0 Å². The van der Waals surface area contributed by atoms with Crippen LogP contribution in [0.15, 0.2) is 51.6 Å². The summed E-state index contributed by atoms with van der Waals surface area (Å²) in [5.41, 5.74) is 1.11. The first kappa shape index (κ1) is 11.4. The number of rotatable bonds is 4. The predicted octanol–water partition coefficient (Wildman–Crippen LogP) is 3.36. The number of halogens is 1. The lowest BCUT2D eigenvalue weighted by Crippen LogP contribution is -2.07. The van der Waals surface area contributed by atoms with E-state index in [0.717, 1.165) is 15.8 Å². The second kappa shape index (κ2) is 5.32. The fourth-order valence-electron chi connectivity index (χ4n) is 1.75. The van der Waals surface area contributed by atoms with Crippen molar-refractivity contribution < 1.29 is 9.52 Å². The maximum Gasteiger partial charge on any atom is 0.104 e. The lowest BCUT2D eigenvalue weighted by atomic mass is 9.95. The third kappa shape index (κ3) is 2.54. The monoisotopic (exact) mass is 280 g/mol. The molecular weight excluding hydrogens is 268 g/mol. The molecule has 1 heterocycles. The van der Waals surface area contributed by atoms with Crippen LogP contribution in [0.5, 0.6) is 0 Å². The van der Waals surface area contributed by atoms with E-state index in [1.54, 1.807) is 6.26 Å². The summed E-state index contributed by atoms with van der Waals surface area (Å²) in [5, 5.41) is 9.44. The molecule has 3 heteroatoms. The van der Waals surface area contributed by atoms with E-state index in [4.69, 9.17) is 4.42 Å². The van der Waals surface area contributed by atoms with Gasteiger partial charge < -0.3 is 9.52 Å². The van der Waals surface area contributed by atoms with Crippen molar-refractivity contribution in [1.29, 1.82) is 0 Å². The van der Waals surface area contributed by atoms with Crippen LogP contribution in [0.3, 0.4) is 0 Å². The molecule has 2 nitrogen and oxygen atoms in total. The van der Waals surface area contributed by atoms with Crippen LogP contribution in [0.1, 0.15) is 17.2 Å². The maximum atomic E-state index is 9.44. The SMILES string of the molecule is OCC(Cc1ccco1)c1ccccc1Br. The van der Waals surface area contributed by atoms with E-state index in [2.05, 4.69) is 15.9 Å². The lowest BCUT2D eigenvalue weighted by molar-refractivity contribution is 0.259. The molecule has 0 saturated heterocycles. The zero-order valence-corrected chi connectivity index (χ0v) is 10.4. The quantitative estimate of drug-likeness (QED) is 0.932. The minimum atomic E-state index is 0.0710. The van der Waals surface area contributed by atoms with E-state index in [1.807, 2.05) is 36.4 Å². The molecule has 1 aromatic carbocycles. The van der Waals surface area contributed by atoms with Crippen molar-refractivity contribution in [3.63, 3.8) is 0 Å². The van der Waals surface area contributed by atoms with Crippen LogP contribution in [0.4, 0.5) is 0 Å². The molecule has 0 aliphatic carbocycles.